The van der Waals surface area contributed by atoms with Crippen molar-refractivity contribution in [1.29, 1.82) is 0 Å². The van der Waals surface area contributed by atoms with Gasteiger partial charge in [-0.25, -0.2) is 4.98 Å². The second kappa shape index (κ2) is 5.75. The Bertz CT molecular complexity index is 315. The number of nitrogens with one attached hydrogen (secondary N) is 1. The molecule has 0 aliphatic carbocycles. The van der Waals surface area contributed by atoms with E-state index >= 15 is 0 Å². The molecule has 1 amide bonds. The van der Waals surface area contributed by atoms with Crippen molar-refractivity contribution in [3.63, 3.8) is 0 Å². The molecule has 3 nitrogen and oxygen atoms in total. The number of aromatic nitrogens is 1. The predicted molar refractivity (Wildman–Crippen MR) is 59.2 cm³/mol. The van der Waals surface area contributed by atoms with Crippen molar-refractivity contribution in [2.45, 2.75) is 19.8 Å². The summed E-state index contributed by atoms with van der Waals surface area (Å²) in [5.74, 6) is -0.0402. The zero-order valence-electron chi connectivity index (χ0n) is 8.09. The fraction of sp³-hybridized carbons (Fsp3) is 0.400. The number of unbranched alkanes of at least 4 members (excludes halogenated alkanes) is 1. The van der Waals surface area contributed by atoms with E-state index < -0.39 is 0 Å². The van der Waals surface area contributed by atoms with Gasteiger partial charge in [-0.15, -0.1) is 0 Å². The molecule has 0 radical (unpaired) electrons. The third-order valence-electron chi connectivity index (χ3n) is 1.80. The minimum Gasteiger partial charge on any atom is -0.352 e. The second-order valence-corrected chi connectivity index (χ2v) is 3.79. The lowest BCUT2D eigenvalue weighted by atomic mass is 10.2. The molecular formula is C10H13BrN2O. The highest BCUT2D eigenvalue weighted by molar-refractivity contribution is 9.10. The van der Waals surface area contributed by atoms with Gasteiger partial charge in [-0.3, -0.25) is 4.79 Å². The van der Waals surface area contributed by atoms with Gasteiger partial charge in [0.2, 0.25) is 0 Å². The second-order valence-electron chi connectivity index (χ2n) is 2.98. The average molecular weight is 257 g/mol. The Kier molecular flexibility index (Phi) is 4.59. The van der Waals surface area contributed by atoms with Gasteiger partial charge in [0.1, 0.15) is 4.60 Å². The highest BCUT2D eigenvalue weighted by atomic mass is 79.9. The van der Waals surface area contributed by atoms with Crippen molar-refractivity contribution in [1.82, 2.24) is 10.3 Å². The van der Waals surface area contributed by atoms with Crippen LogP contribution in [0.25, 0.3) is 0 Å². The van der Waals surface area contributed by atoms with Crippen LogP contribution in [0.5, 0.6) is 0 Å². The molecule has 0 unspecified atom stereocenters. The summed E-state index contributed by atoms with van der Waals surface area (Å²) in [5.41, 5.74) is 0.642. The molecule has 1 rings (SSSR count). The van der Waals surface area contributed by atoms with E-state index in [1.54, 1.807) is 18.3 Å². The highest BCUT2D eigenvalue weighted by Crippen LogP contribution is 2.07. The van der Waals surface area contributed by atoms with E-state index in [0.717, 1.165) is 19.4 Å². The standard InChI is InChI=1S/C10H13BrN2O/c1-2-3-5-13-10(14)8-4-6-12-9(11)7-8/h4,6-7H,2-3,5H2,1H3,(H,13,14). The molecule has 0 atom stereocenters. The Morgan fingerprint density at radius 3 is 3.07 bits per heavy atom. The zero-order chi connectivity index (χ0) is 10.4. The molecule has 0 fully saturated rings. The Morgan fingerprint density at radius 2 is 2.43 bits per heavy atom. The van der Waals surface area contributed by atoms with E-state index in [4.69, 9.17) is 0 Å². The minimum atomic E-state index is -0.0402. The third-order valence-corrected chi connectivity index (χ3v) is 2.24. The minimum absolute atomic E-state index is 0.0402. The Hall–Kier alpha value is -0.900. The fourth-order valence-electron chi connectivity index (χ4n) is 1.02. The number of amides is 1. The van der Waals surface area contributed by atoms with Gasteiger partial charge in [0.25, 0.3) is 5.91 Å². The van der Waals surface area contributed by atoms with Gasteiger partial charge in [0.05, 0.1) is 0 Å². The van der Waals surface area contributed by atoms with Crippen molar-refractivity contribution in [2.75, 3.05) is 6.54 Å². The van der Waals surface area contributed by atoms with Gasteiger partial charge in [-0.2, -0.15) is 0 Å². The zero-order valence-corrected chi connectivity index (χ0v) is 9.67. The average Bonchev–Trinajstić information content (AvgIpc) is 2.18. The number of hydrogen-bond acceptors (Lipinski definition) is 2. The molecule has 1 aromatic heterocycles. The Labute approximate surface area is 92.1 Å². The van der Waals surface area contributed by atoms with Gasteiger partial charge in [-0.05, 0) is 34.5 Å². The maximum Gasteiger partial charge on any atom is 0.251 e. The van der Waals surface area contributed by atoms with Crippen LogP contribution >= 0.6 is 15.9 Å². The molecule has 0 saturated carbocycles. The molecule has 1 heterocycles. The Morgan fingerprint density at radius 1 is 1.64 bits per heavy atom. The summed E-state index contributed by atoms with van der Waals surface area (Å²) in [5, 5.41) is 2.84. The molecule has 0 spiro atoms. The first-order valence-electron chi connectivity index (χ1n) is 4.63. The van der Waals surface area contributed by atoms with Gasteiger partial charge >= 0.3 is 0 Å². The van der Waals surface area contributed by atoms with Crippen molar-refractivity contribution in [2.24, 2.45) is 0 Å². The predicted octanol–water partition coefficient (Wildman–Crippen LogP) is 2.37. The first-order valence-corrected chi connectivity index (χ1v) is 5.43. The number of halogens is 1. The Balaban J connectivity index is 2.52. The summed E-state index contributed by atoms with van der Waals surface area (Å²) in [6.45, 7) is 2.82. The number of carbonyl (C=O) groups excluding carboxylic acids is 1. The van der Waals surface area contributed by atoms with Crippen LogP contribution in [0, 0.1) is 0 Å². The monoisotopic (exact) mass is 256 g/mol. The number of hydrogen-bond donors (Lipinski definition) is 1. The lowest BCUT2D eigenvalue weighted by Gasteiger charge is -2.03. The lowest BCUT2D eigenvalue weighted by Crippen LogP contribution is -2.24. The van der Waals surface area contributed by atoms with Gasteiger partial charge in [-0.1, -0.05) is 13.3 Å². The summed E-state index contributed by atoms with van der Waals surface area (Å²) >= 11 is 3.22. The number of pyridine rings is 1. The van der Waals surface area contributed by atoms with E-state index in [-0.39, 0.29) is 5.91 Å². The molecule has 1 N–H and O–H groups in total. The van der Waals surface area contributed by atoms with Crippen LogP contribution in [0.3, 0.4) is 0 Å². The topological polar surface area (TPSA) is 42.0 Å². The molecule has 4 heteroatoms. The van der Waals surface area contributed by atoms with Crippen LogP contribution in [0.2, 0.25) is 0 Å². The molecule has 0 saturated heterocycles. The van der Waals surface area contributed by atoms with Crippen LogP contribution in [0.15, 0.2) is 22.9 Å². The van der Waals surface area contributed by atoms with Crippen LogP contribution in [-0.2, 0) is 0 Å². The summed E-state index contributed by atoms with van der Waals surface area (Å²) in [6.07, 6.45) is 3.71. The van der Waals surface area contributed by atoms with E-state index in [1.807, 2.05) is 0 Å². The number of rotatable bonds is 4. The van der Waals surface area contributed by atoms with E-state index in [9.17, 15) is 4.79 Å². The highest BCUT2D eigenvalue weighted by Gasteiger charge is 2.04. The molecule has 14 heavy (non-hydrogen) atoms. The molecule has 0 bridgehead atoms. The lowest BCUT2D eigenvalue weighted by molar-refractivity contribution is 0.0953. The summed E-state index contributed by atoms with van der Waals surface area (Å²) in [7, 11) is 0. The molecule has 0 aliphatic rings. The van der Waals surface area contributed by atoms with Crippen molar-refractivity contribution < 1.29 is 4.79 Å². The van der Waals surface area contributed by atoms with Crippen molar-refractivity contribution >= 4 is 21.8 Å². The quantitative estimate of drug-likeness (QED) is 0.664. The molecule has 0 aromatic carbocycles. The number of nitrogens with zero attached hydrogens (tertiary/aromatic N) is 1. The maximum atomic E-state index is 11.5. The van der Waals surface area contributed by atoms with Crippen LogP contribution in [0.1, 0.15) is 30.1 Å². The summed E-state index contributed by atoms with van der Waals surface area (Å²) < 4.78 is 0.681. The molecular weight excluding hydrogens is 244 g/mol. The van der Waals surface area contributed by atoms with Crippen molar-refractivity contribution in [3.8, 4) is 0 Å². The molecule has 1 aromatic rings. The van der Waals surface area contributed by atoms with Crippen LogP contribution in [0.4, 0.5) is 0 Å². The van der Waals surface area contributed by atoms with Crippen LogP contribution in [-0.4, -0.2) is 17.4 Å². The first kappa shape index (κ1) is 11.2. The van der Waals surface area contributed by atoms with Gasteiger partial charge in [0.15, 0.2) is 0 Å². The smallest absolute Gasteiger partial charge is 0.251 e. The molecule has 0 aliphatic heterocycles. The normalized spacial score (nSPS) is 9.86. The van der Waals surface area contributed by atoms with Crippen molar-refractivity contribution in [3.05, 3.63) is 28.5 Å². The largest absolute Gasteiger partial charge is 0.352 e. The maximum absolute atomic E-state index is 11.5. The molecule has 76 valence electrons. The van der Waals surface area contributed by atoms with E-state index in [1.165, 1.54) is 0 Å². The van der Waals surface area contributed by atoms with E-state index in [2.05, 4.69) is 33.2 Å². The van der Waals surface area contributed by atoms with Crippen LogP contribution < -0.4 is 5.32 Å². The van der Waals surface area contributed by atoms with E-state index in [0.29, 0.717) is 10.2 Å². The first-order chi connectivity index (χ1) is 6.74. The summed E-state index contributed by atoms with van der Waals surface area (Å²) in [6, 6.07) is 3.41. The number of carbonyl (C=O) groups is 1. The SMILES string of the molecule is CCCCNC(=O)c1ccnc(Br)c1. The van der Waals surface area contributed by atoms with Gasteiger partial charge < -0.3 is 5.32 Å². The third kappa shape index (κ3) is 3.46. The van der Waals surface area contributed by atoms with Gasteiger partial charge in [0, 0.05) is 18.3 Å². The summed E-state index contributed by atoms with van der Waals surface area (Å²) in [4.78, 5) is 15.5. The fourth-order valence-corrected chi connectivity index (χ4v) is 1.39.